The summed E-state index contributed by atoms with van der Waals surface area (Å²) in [6.07, 6.45) is 9.89. The molecule has 0 bridgehead atoms. The molecular formula is C21H31N3O4S. The first-order valence-corrected chi connectivity index (χ1v) is 12.1. The normalized spacial score (nSPS) is 18.7. The second kappa shape index (κ2) is 10.2. The van der Waals surface area contributed by atoms with Gasteiger partial charge in [-0.15, -0.1) is 0 Å². The van der Waals surface area contributed by atoms with Crippen molar-refractivity contribution in [3.63, 3.8) is 0 Å². The molecule has 0 atom stereocenters. The van der Waals surface area contributed by atoms with Crippen molar-refractivity contribution >= 4 is 27.5 Å². The minimum atomic E-state index is -3.70. The Morgan fingerprint density at radius 1 is 1.03 bits per heavy atom. The first-order valence-electron chi connectivity index (χ1n) is 10.7. The molecule has 2 aliphatic rings. The van der Waals surface area contributed by atoms with Crippen LogP contribution < -0.4 is 15.4 Å². The molecule has 3 rings (SSSR count). The summed E-state index contributed by atoms with van der Waals surface area (Å²) in [6, 6.07) is 4.94. The van der Waals surface area contributed by atoms with Gasteiger partial charge in [0.25, 0.3) is 0 Å². The lowest BCUT2D eigenvalue weighted by Crippen LogP contribution is -2.37. The molecule has 1 fully saturated rings. The lowest BCUT2D eigenvalue weighted by atomic mass is 9.96. The lowest BCUT2D eigenvalue weighted by molar-refractivity contribution is -0.121. The minimum Gasteiger partial charge on any atom is -0.353 e. The van der Waals surface area contributed by atoms with Gasteiger partial charge in [-0.2, -0.15) is 0 Å². The minimum absolute atomic E-state index is 0.0483. The average molecular weight is 422 g/mol. The van der Waals surface area contributed by atoms with Gasteiger partial charge in [-0.25, -0.2) is 13.1 Å². The summed E-state index contributed by atoms with van der Waals surface area (Å²) in [6.45, 7) is 0.0642. The predicted molar refractivity (Wildman–Crippen MR) is 112 cm³/mol. The number of anilines is 1. The molecule has 0 aromatic heterocycles. The van der Waals surface area contributed by atoms with E-state index < -0.39 is 10.0 Å². The molecule has 1 aromatic carbocycles. The Hall–Kier alpha value is -1.93. The van der Waals surface area contributed by atoms with E-state index in [1.807, 2.05) is 0 Å². The largest absolute Gasteiger partial charge is 0.353 e. The fourth-order valence-corrected chi connectivity index (χ4v) is 5.08. The predicted octanol–water partition coefficient (Wildman–Crippen LogP) is 2.86. The maximum atomic E-state index is 12.6. The highest BCUT2D eigenvalue weighted by molar-refractivity contribution is 7.89. The van der Waals surface area contributed by atoms with E-state index in [9.17, 15) is 18.0 Å². The van der Waals surface area contributed by atoms with E-state index in [0.29, 0.717) is 24.9 Å². The second-order valence-corrected chi connectivity index (χ2v) is 9.74. The molecule has 7 nitrogen and oxygen atoms in total. The number of nitrogens with one attached hydrogen (secondary N) is 3. The number of rotatable bonds is 6. The highest BCUT2D eigenvalue weighted by atomic mass is 32.2. The van der Waals surface area contributed by atoms with Crippen LogP contribution in [-0.4, -0.2) is 32.8 Å². The summed E-state index contributed by atoms with van der Waals surface area (Å²) in [7, 11) is -3.70. The number of hydrogen-bond donors (Lipinski definition) is 3. The SMILES string of the molecule is O=C1CCCc2cc(S(=O)(=O)NCCC(=O)NC3CCCCCCC3)ccc2N1. The van der Waals surface area contributed by atoms with Crippen LogP contribution in [0.4, 0.5) is 5.69 Å². The quantitative estimate of drug-likeness (QED) is 0.657. The first kappa shape index (κ1) is 21.8. The van der Waals surface area contributed by atoms with Crippen LogP contribution in [0.2, 0.25) is 0 Å². The standard InChI is InChI=1S/C21H31N3O4S/c25-20-10-6-7-16-15-18(11-12-19(16)24-20)29(27,28)22-14-13-21(26)23-17-8-4-2-1-3-5-9-17/h11-12,15,17,22H,1-10,13-14H2,(H,23,26)(H,24,25). The molecule has 29 heavy (non-hydrogen) atoms. The third-order valence-electron chi connectivity index (χ3n) is 5.63. The van der Waals surface area contributed by atoms with Crippen LogP contribution >= 0.6 is 0 Å². The molecule has 0 unspecified atom stereocenters. The van der Waals surface area contributed by atoms with E-state index in [-0.39, 0.29) is 35.7 Å². The van der Waals surface area contributed by atoms with E-state index in [1.165, 1.54) is 25.3 Å². The Morgan fingerprint density at radius 3 is 2.52 bits per heavy atom. The van der Waals surface area contributed by atoms with Crippen LogP contribution in [0.1, 0.15) is 69.8 Å². The van der Waals surface area contributed by atoms with Gasteiger partial charge in [-0.1, -0.05) is 32.1 Å². The molecule has 3 N–H and O–H groups in total. The summed E-state index contributed by atoms with van der Waals surface area (Å²) < 4.78 is 27.7. The van der Waals surface area contributed by atoms with Crippen molar-refractivity contribution in [2.75, 3.05) is 11.9 Å². The van der Waals surface area contributed by atoms with Crippen LogP contribution in [0.15, 0.2) is 23.1 Å². The van der Waals surface area contributed by atoms with Gasteiger partial charge in [0.2, 0.25) is 21.8 Å². The highest BCUT2D eigenvalue weighted by Crippen LogP contribution is 2.25. The second-order valence-electron chi connectivity index (χ2n) is 7.98. The van der Waals surface area contributed by atoms with Crippen molar-refractivity contribution in [1.29, 1.82) is 0 Å². The summed E-state index contributed by atoms with van der Waals surface area (Å²) in [4.78, 5) is 24.0. The highest BCUT2D eigenvalue weighted by Gasteiger charge is 2.19. The number of amides is 2. The number of carbonyl (C=O) groups is 2. The number of sulfonamides is 1. The molecule has 0 saturated heterocycles. The fourth-order valence-electron chi connectivity index (χ4n) is 4.00. The maximum Gasteiger partial charge on any atom is 0.240 e. The number of fused-ring (bicyclic) bond motifs is 1. The van der Waals surface area contributed by atoms with Gasteiger partial charge in [0.05, 0.1) is 4.90 Å². The summed E-state index contributed by atoms with van der Waals surface area (Å²) in [5, 5.41) is 5.85. The van der Waals surface area contributed by atoms with Crippen LogP contribution in [0, 0.1) is 0 Å². The molecule has 1 aromatic rings. The Labute approximate surface area is 173 Å². The number of benzene rings is 1. The molecule has 8 heteroatoms. The summed E-state index contributed by atoms with van der Waals surface area (Å²) in [5.74, 6) is -0.157. The van der Waals surface area contributed by atoms with E-state index in [4.69, 9.17) is 0 Å². The maximum absolute atomic E-state index is 12.6. The smallest absolute Gasteiger partial charge is 0.240 e. The van der Waals surface area contributed by atoms with Crippen molar-refractivity contribution in [2.45, 2.75) is 81.6 Å². The third-order valence-corrected chi connectivity index (χ3v) is 7.08. The Kier molecular flexibility index (Phi) is 7.66. The number of hydrogen-bond acceptors (Lipinski definition) is 4. The molecule has 2 amide bonds. The fraction of sp³-hybridized carbons (Fsp3) is 0.619. The van der Waals surface area contributed by atoms with E-state index in [2.05, 4.69) is 15.4 Å². The Morgan fingerprint density at radius 2 is 1.76 bits per heavy atom. The number of carbonyl (C=O) groups excluding carboxylic acids is 2. The van der Waals surface area contributed by atoms with Crippen LogP contribution in [0.3, 0.4) is 0 Å². The zero-order valence-electron chi connectivity index (χ0n) is 16.8. The van der Waals surface area contributed by atoms with Crippen molar-refractivity contribution in [3.8, 4) is 0 Å². The van der Waals surface area contributed by atoms with Crippen LogP contribution in [0.5, 0.6) is 0 Å². The molecule has 0 radical (unpaired) electrons. The Bertz CT molecular complexity index is 830. The van der Waals surface area contributed by atoms with E-state index >= 15 is 0 Å². The van der Waals surface area contributed by atoms with Crippen molar-refractivity contribution in [3.05, 3.63) is 23.8 Å². The average Bonchev–Trinajstić information content (AvgIpc) is 2.83. The summed E-state index contributed by atoms with van der Waals surface area (Å²) in [5.41, 5.74) is 1.49. The molecule has 1 saturated carbocycles. The molecule has 1 aliphatic heterocycles. The van der Waals surface area contributed by atoms with Gasteiger partial charge in [-0.3, -0.25) is 9.59 Å². The van der Waals surface area contributed by atoms with Gasteiger partial charge in [-0.05, 0) is 49.4 Å². The lowest BCUT2D eigenvalue weighted by Gasteiger charge is -2.21. The van der Waals surface area contributed by atoms with Gasteiger partial charge in [0.15, 0.2) is 0 Å². The first-order chi connectivity index (χ1) is 13.9. The van der Waals surface area contributed by atoms with Crippen molar-refractivity contribution < 1.29 is 18.0 Å². The van der Waals surface area contributed by atoms with Crippen LogP contribution in [0.25, 0.3) is 0 Å². The third kappa shape index (κ3) is 6.54. The molecular weight excluding hydrogens is 390 g/mol. The van der Waals surface area contributed by atoms with E-state index in [0.717, 1.165) is 31.2 Å². The van der Waals surface area contributed by atoms with Crippen molar-refractivity contribution in [2.24, 2.45) is 0 Å². The Balaban J connectivity index is 1.51. The number of aryl methyl sites for hydroxylation is 1. The molecule has 160 valence electrons. The topological polar surface area (TPSA) is 104 Å². The summed E-state index contributed by atoms with van der Waals surface area (Å²) >= 11 is 0. The van der Waals surface area contributed by atoms with E-state index in [1.54, 1.807) is 12.1 Å². The van der Waals surface area contributed by atoms with Gasteiger partial charge in [0.1, 0.15) is 0 Å². The van der Waals surface area contributed by atoms with Gasteiger partial charge < -0.3 is 10.6 Å². The van der Waals surface area contributed by atoms with Gasteiger partial charge >= 0.3 is 0 Å². The monoisotopic (exact) mass is 421 g/mol. The van der Waals surface area contributed by atoms with Crippen LogP contribution in [-0.2, 0) is 26.0 Å². The zero-order chi connectivity index (χ0) is 20.7. The molecule has 0 spiro atoms. The molecule has 1 heterocycles. The van der Waals surface area contributed by atoms with Crippen molar-refractivity contribution in [1.82, 2.24) is 10.0 Å². The van der Waals surface area contributed by atoms with Gasteiger partial charge in [0, 0.05) is 31.1 Å². The zero-order valence-corrected chi connectivity index (χ0v) is 17.7. The molecule has 1 aliphatic carbocycles.